The minimum absolute atomic E-state index is 0.463. The highest BCUT2D eigenvalue weighted by molar-refractivity contribution is 7.80. The van der Waals surface area contributed by atoms with E-state index in [0.717, 1.165) is 30.4 Å². The van der Waals surface area contributed by atoms with Crippen LogP contribution in [0.4, 0.5) is 5.95 Å². The van der Waals surface area contributed by atoms with Crippen molar-refractivity contribution in [3.8, 4) is 0 Å². The number of piperidine rings is 1. The van der Waals surface area contributed by atoms with Crippen molar-refractivity contribution in [1.82, 2.24) is 20.2 Å². The van der Waals surface area contributed by atoms with Gasteiger partial charge in [0.05, 0.1) is 0 Å². The third-order valence-electron chi connectivity index (χ3n) is 5.05. The highest BCUT2D eigenvalue weighted by Gasteiger charge is 2.22. The zero-order chi connectivity index (χ0) is 18.5. The SMILES string of the molecule is Cc1cc(C)nc(N/C(=N/C(=S)NC2CCCC2)N2CCCC(C)C2)n1. The van der Waals surface area contributed by atoms with Gasteiger partial charge in [-0.25, -0.2) is 9.97 Å². The summed E-state index contributed by atoms with van der Waals surface area (Å²) < 4.78 is 0. The normalized spacial score (nSPS) is 21.7. The van der Waals surface area contributed by atoms with Gasteiger partial charge in [-0.05, 0) is 63.7 Å². The van der Waals surface area contributed by atoms with E-state index in [1.807, 2.05) is 19.9 Å². The number of rotatable bonds is 2. The summed E-state index contributed by atoms with van der Waals surface area (Å²) in [5, 5.41) is 7.29. The quantitative estimate of drug-likeness (QED) is 0.470. The molecule has 1 aliphatic heterocycles. The van der Waals surface area contributed by atoms with E-state index in [9.17, 15) is 0 Å². The van der Waals surface area contributed by atoms with Crippen LogP contribution in [0.5, 0.6) is 0 Å². The van der Waals surface area contributed by atoms with Crippen LogP contribution < -0.4 is 10.6 Å². The van der Waals surface area contributed by atoms with Crippen LogP contribution in [0.1, 0.15) is 56.8 Å². The lowest BCUT2D eigenvalue weighted by Crippen LogP contribution is -2.44. The lowest BCUT2D eigenvalue weighted by Gasteiger charge is -2.33. The number of guanidine groups is 1. The molecule has 0 spiro atoms. The Morgan fingerprint density at radius 3 is 2.50 bits per heavy atom. The lowest BCUT2D eigenvalue weighted by molar-refractivity contribution is 0.273. The predicted octanol–water partition coefficient (Wildman–Crippen LogP) is 3.41. The van der Waals surface area contributed by atoms with Gasteiger partial charge < -0.3 is 10.2 Å². The van der Waals surface area contributed by atoms with Crippen molar-refractivity contribution in [3.63, 3.8) is 0 Å². The molecule has 0 radical (unpaired) electrons. The van der Waals surface area contributed by atoms with Crippen molar-refractivity contribution in [2.24, 2.45) is 10.9 Å². The number of aliphatic imine (C=N–C) groups is 1. The number of anilines is 1. The molecule has 1 unspecified atom stereocenters. The van der Waals surface area contributed by atoms with Gasteiger partial charge in [-0.15, -0.1) is 0 Å². The molecule has 2 heterocycles. The van der Waals surface area contributed by atoms with Crippen molar-refractivity contribution in [2.45, 2.75) is 65.3 Å². The first-order valence-corrected chi connectivity index (χ1v) is 10.1. The topological polar surface area (TPSA) is 65.4 Å². The van der Waals surface area contributed by atoms with Gasteiger partial charge in [-0.3, -0.25) is 5.32 Å². The van der Waals surface area contributed by atoms with Gasteiger partial charge in [0.2, 0.25) is 11.9 Å². The van der Waals surface area contributed by atoms with Crippen molar-refractivity contribution in [3.05, 3.63) is 17.5 Å². The molecule has 2 N–H and O–H groups in total. The molecule has 0 amide bonds. The fraction of sp³-hybridized carbons (Fsp3) is 0.684. The third-order valence-corrected chi connectivity index (χ3v) is 5.26. The number of nitrogens with zero attached hydrogens (tertiary/aromatic N) is 4. The van der Waals surface area contributed by atoms with Crippen molar-refractivity contribution in [2.75, 3.05) is 18.4 Å². The molecule has 1 aromatic rings. The largest absolute Gasteiger partial charge is 0.358 e. The Balaban J connectivity index is 1.78. The number of aromatic nitrogens is 2. The highest BCUT2D eigenvalue weighted by atomic mass is 32.1. The van der Waals surface area contributed by atoms with Crippen LogP contribution in [0.15, 0.2) is 11.1 Å². The highest BCUT2D eigenvalue weighted by Crippen LogP contribution is 2.19. The Labute approximate surface area is 161 Å². The van der Waals surface area contributed by atoms with Gasteiger partial charge >= 0.3 is 0 Å². The first-order chi connectivity index (χ1) is 12.5. The molecule has 26 heavy (non-hydrogen) atoms. The summed E-state index contributed by atoms with van der Waals surface area (Å²) >= 11 is 5.53. The van der Waals surface area contributed by atoms with Gasteiger partial charge in [0, 0.05) is 30.5 Å². The molecular formula is C19H30N6S. The monoisotopic (exact) mass is 374 g/mol. The van der Waals surface area contributed by atoms with Crippen LogP contribution in [0.2, 0.25) is 0 Å². The minimum atomic E-state index is 0.463. The molecular weight excluding hydrogens is 344 g/mol. The summed E-state index contributed by atoms with van der Waals surface area (Å²) in [6.07, 6.45) is 7.33. The molecule has 1 aromatic heterocycles. The van der Waals surface area contributed by atoms with Crippen LogP contribution in [0.3, 0.4) is 0 Å². The summed E-state index contributed by atoms with van der Waals surface area (Å²) in [6, 6.07) is 2.43. The summed E-state index contributed by atoms with van der Waals surface area (Å²) in [6.45, 7) is 8.19. The Hall–Kier alpha value is -1.76. The Kier molecular flexibility index (Phi) is 6.40. The molecule has 1 saturated carbocycles. The van der Waals surface area contributed by atoms with Gasteiger partial charge in [0.1, 0.15) is 0 Å². The first kappa shape index (κ1) is 19.0. The van der Waals surface area contributed by atoms with Crippen LogP contribution in [0, 0.1) is 19.8 Å². The van der Waals surface area contributed by atoms with Gasteiger partial charge in [-0.2, -0.15) is 4.99 Å². The Morgan fingerprint density at radius 1 is 1.15 bits per heavy atom. The van der Waals surface area contributed by atoms with E-state index in [1.165, 1.54) is 38.5 Å². The molecule has 2 aliphatic rings. The predicted molar refractivity (Wildman–Crippen MR) is 111 cm³/mol. The number of thiocarbonyl (C=S) groups is 1. The van der Waals surface area contributed by atoms with E-state index < -0.39 is 0 Å². The molecule has 0 bridgehead atoms. The van der Waals surface area contributed by atoms with Gasteiger partial charge in [0.15, 0.2) is 5.11 Å². The van der Waals surface area contributed by atoms with E-state index in [4.69, 9.17) is 17.2 Å². The fourth-order valence-corrected chi connectivity index (χ4v) is 4.07. The summed E-state index contributed by atoms with van der Waals surface area (Å²) in [5.74, 6) is 1.99. The maximum absolute atomic E-state index is 5.53. The first-order valence-electron chi connectivity index (χ1n) is 9.73. The average Bonchev–Trinajstić information content (AvgIpc) is 3.06. The van der Waals surface area contributed by atoms with E-state index in [-0.39, 0.29) is 0 Å². The number of likely N-dealkylation sites (tertiary alicyclic amines) is 1. The van der Waals surface area contributed by atoms with Crippen LogP contribution in [0.25, 0.3) is 0 Å². The molecule has 1 atom stereocenters. The zero-order valence-electron chi connectivity index (χ0n) is 16.1. The number of aryl methyl sites for hydroxylation is 2. The second-order valence-electron chi connectivity index (χ2n) is 7.66. The van der Waals surface area contributed by atoms with Gasteiger partial charge in [0.25, 0.3) is 0 Å². The van der Waals surface area contributed by atoms with E-state index in [2.05, 4.69) is 32.4 Å². The zero-order valence-corrected chi connectivity index (χ0v) is 16.9. The molecule has 3 rings (SSSR count). The minimum Gasteiger partial charge on any atom is -0.358 e. The van der Waals surface area contributed by atoms with Crippen LogP contribution >= 0.6 is 12.2 Å². The molecule has 1 aliphatic carbocycles. The maximum atomic E-state index is 5.53. The Morgan fingerprint density at radius 2 is 1.85 bits per heavy atom. The second-order valence-corrected chi connectivity index (χ2v) is 8.05. The fourth-order valence-electron chi connectivity index (χ4n) is 3.81. The molecule has 1 saturated heterocycles. The van der Waals surface area contributed by atoms with E-state index in [1.54, 1.807) is 0 Å². The smallest absolute Gasteiger partial charge is 0.229 e. The van der Waals surface area contributed by atoms with Crippen molar-refractivity contribution in [1.29, 1.82) is 0 Å². The molecule has 0 aromatic carbocycles. The van der Waals surface area contributed by atoms with Crippen LogP contribution in [-0.2, 0) is 0 Å². The molecule has 7 heteroatoms. The van der Waals surface area contributed by atoms with Crippen LogP contribution in [-0.4, -0.2) is 45.1 Å². The molecule has 6 nitrogen and oxygen atoms in total. The van der Waals surface area contributed by atoms with Crippen molar-refractivity contribution < 1.29 is 0 Å². The Bertz CT molecular complexity index is 648. The molecule has 142 valence electrons. The average molecular weight is 375 g/mol. The summed E-state index contributed by atoms with van der Waals surface area (Å²) in [7, 11) is 0. The number of nitrogens with one attached hydrogen (secondary N) is 2. The number of hydrogen-bond acceptors (Lipinski definition) is 3. The van der Waals surface area contributed by atoms with E-state index in [0.29, 0.717) is 23.0 Å². The summed E-state index contributed by atoms with van der Waals surface area (Å²) in [4.78, 5) is 16.0. The standard InChI is InChI=1S/C19H30N6S/c1-13-7-6-10-25(12-13)18(23-17-20-14(2)11-15(3)21-17)24-19(26)22-16-8-4-5-9-16/h11,13,16H,4-10,12H2,1-3H3,(H2,20,21,22,23,24,26). The lowest BCUT2D eigenvalue weighted by atomic mass is 10.0. The van der Waals surface area contributed by atoms with Crippen molar-refractivity contribution >= 4 is 29.2 Å². The van der Waals surface area contributed by atoms with Gasteiger partial charge in [-0.1, -0.05) is 19.8 Å². The third kappa shape index (κ3) is 5.37. The van der Waals surface area contributed by atoms with E-state index >= 15 is 0 Å². The number of hydrogen-bond donors (Lipinski definition) is 2. The maximum Gasteiger partial charge on any atom is 0.229 e. The molecule has 2 fully saturated rings. The second kappa shape index (κ2) is 8.75. The summed E-state index contributed by atoms with van der Waals surface area (Å²) in [5.41, 5.74) is 1.89.